The highest BCUT2D eigenvalue weighted by atomic mass is 14.7. The Morgan fingerprint density at radius 1 is 0.107 bits per heavy atom. The van der Waals surface area contributed by atoms with Crippen LogP contribution < -0.4 is 0 Å². The monoisotopic (exact) mass is 1070 g/mol. The molecular weight excluding hydrogens is 1020 g/mol. The van der Waals surface area contributed by atoms with Crippen molar-refractivity contribution in [2.45, 2.75) is 0 Å². The van der Waals surface area contributed by atoms with Crippen LogP contribution in [0.15, 0.2) is 328 Å². The number of rotatable bonds is 13. The molecule has 84 heavy (non-hydrogen) atoms. The minimum absolute atomic E-state index is 0.895. The average Bonchev–Trinajstić information content (AvgIpc) is 3.68. The molecule has 0 aliphatic carbocycles. The number of aromatic nitrogens is 4. The fraction of sp³-hybridized carbons (Fsp3) is 0. The van der Waals surface area contributed by atoms with Crippen LogP contribution in [0.25, 0.3) is 146 Å². The molecule has 0 aliphatic rings. The number of benzene rings is 10. The highest BCUT2D eigenvalue weighted by molar-refractivity contribution is 5.91. The van der Waals surface area contributed by atoms with Crippen LogP contribution in [0.2, 0.25) is 0 Å². The molecule has 394 valence electrons. The molecule has 0 aliphatic heterocycles. The van der Waals surface area contributed by atoms with Gasteiger partial charge in [0.2, 0.25) is 0 Å². The third-order valence-corrected chi connectivity index (χ3v) is 15.4. The van der Waals surface area contributed by atoms with Gasteiger partial charge >= 0.3 is 0 Å². The quantitative estimate of drug-likeness (QED) is 0.115. The lowest BCUT2D eigenvalue weighted by Gasteiger charge is -2.17. The van der Waals surface area contributed by atoms with Gasteiger partial charge < -0.3 is 0 Å². The minimum Gasteiger partial charge on any atom is -0.248 e. The van der Waals surface area contributed by atoms with Crippen molar-refractivity contribution in [2.75, 3.05) is 0 Å². The van der Waals surface area contributed by atoms with Crippen LogP contribution in [0.1, 0.15) is 0 Å². The van der Waals surface area contributed by atoms with E-state index >= 15 is 0 Å². The Balaban J connectivity index is 1.06. The summed E-state index contributed by atoms with van der Waals surface area (Å²) in [5, 5.41) is 0. The molecule has 0 N–H and O–H groups in total. The summed E-state index contributed by atoms with van der Waals surface area (Å²) in [6.45, 7) is 0. The molecule has 0 unspecified atom stereocenters. The molecule has 4 aromatic heterocycles. The lowest BCUT2D eigenvalue weighted by molar-refractivity contribution is 1.32. The SMILES string of the molecule is c1ccc(-c2cc(-c3cc(-c4cc(-c5cc(-c6ccccc6)nc(-c6ccccc6)c5)cc(-c5cc(-c6ccccc6)nc(-c6ccccc6)c5)c4)cc(-c4cc(-c5ccccc5)nc(-c5ccccc5)c4)c3)cc(-c3ccccc3)n2)cc1. The summed E-state index contributed by atoms with van der Waals surface area (Å²) >= 11 is 0. The second kappa shape index (κ2) is 23.1. The molecule has 0 spiro atoms. The highest BCUT2D eigenvalue weighted by Gasteiger charge is 2.19. The van der Waals surface area contributed by atoms with E-state index in [1.165, 1.54) is 0 Å². The third-order valence-electron chi connectivity index (χ3n) is 15.4. The summed E-state index contributed by atoms with van der Waals surface area (Å²) in [5.74, 6) is 0. The van der Waals surface area contributed by atoms with Gasteiger partial charge in [-0.1, -0.05) is 243 Å². The number of hydrogen-bond donors (Lipinski definition) is 0. The van der Waals surface area contributed by atoms with E-state index in [2.05, 4.69) is 328 Å². The van der Waals surface area contributed by atoms with Crippen molar-refractivity contribution in [3.8, 4) is 146 Å². The zero-order chi connectivity index (χ0) is 56.0. The molecule has 4 heterocycles. The average molecular weight is 1070 g/mol. The van der Waals surface area contributed by atoms with Crippen LogP contribution >= 0.6 is 0 Å². The molecule has 0 atom stereocenters. The molecule has 0 saturated carbocycles. The molecule has 0 amide bonds. The largest absolute Gasteiger partial charge is 0.248 e. The summed E-state index contributed by atoms with van der Waals surface area (Å²) in [6.07, 6.45) is 0. The summed E-state index contributed by atoms with van der Waals surface area (Å²) in [5.41, 5.74) is 26.0. The Morgan fingerprint density at radius 3 is 0.333 bits per heavy atom. The lowest BCUT2D eigenvalue weighted by Crippen LogP contribution is -1.95. The van der Waals surface area contributed by atoms with Crippen LogP contribution in [0.4, 0.5) is 0 Å². The molecule has 0 saturated heterocycles. The molecule has 4 nitrogen and oxygen atoms in total. The van der Waals surface area contributed by atoms with Crippen LogP contribution in [-0.4, -0.2) is 19.9 Å². The Morgan fingerprint density at radius 2 is 0.214 bits per heavy atom. The van der Waals surface area contributed by atoms with Crippen molar-refractivity contribution in [1.29, 1.82) is 0 Å². The zero-order valence-corrected chi connectivity index (χ0v) is 46.0. The number of nitrogens with zero attached hydrogens (tertiary/aromatic N) is 4. The smallest absolute Gasteiger partial charge is 0.0715 e. The maximum Gasteiger partial charge on any atom is 0.0715 e. The van der Waals surface area contributed by atoms with Gasteiger partial charge in [0, 0.05) is 44.5 Å². The summed E-state index contributed by atoms with van der Waals surface area (Å²) < 4.78 is 0. The molecule has 0 bridgehead atoms. The molecule has 4 heteroatoms. The van der Waals surface area contributed by atoms with E-state index in [-0.39, 0.29) is 0 Å². The van der Waals surface area contributed by atoms with Crippen molar-refractivity contribution in [3.05, 3.63) is 328 Å². The summed E-state index contributed by atoms with van der Waals surface area (Å²) in [7, 11) is 0. The fourth-order valence-corrected chi connectivity index (χ4v) is 11.1. The van der Waals surface area contributed by atoms with Gasteiger partial charge in [-0.2, -0.15) is 0 Å². The van der Waals surface area contributed by atoms with Gasteiger partial charge in [-0.25, -0.2) is 19.9 Å². The first-order valence-corrected chi connectivity index (χ1v) is 28.4. The Bertz CT molecular complexity index is 3780. The Labute approximate surface area is 490 Å². The van der Waals surface area contributed by atoms with E-state index in [9.17, 15) is 0 Å². The van der Waals surface area contributed by atoms with Gasteiger partial charge in [0.25, 0.3) is 0 Å². The first-order chi connectivity index (χ1) is 41.6. The van der Waals surface area contributed by atoms with Crippen LogP contribution in [0.3, 0.4) is 0 Å². The number of pyridine rings is 4. The van der Waals surface area contributed by atoms with E-state index in [1.54, 1.807) is 0 Å². The topological polar surface area (TPSA) is 51.6 Å². The van der Waals surface area contributed by atoms with Gasteiger partial charge in [0.15, 0.2) is 0 Å². The highest BCUT2D eigenvalue weighted by Crippen LogP contribution is 2.42. The normalized spacial score (nSPS) is 11.1. The van der Waals surface area contributed by atoms with Crippen molar-refractivity contribution in [1.82, 2.24) is 19.9 Å². The van der Waals surface area contributed by atoms with Crippen LogP contribution in [0.5, 0.6) is 0 Å². The standard InChI is InChI=1S/C80H54N4/c1-9-25-55(26-10-1)73-47-69(48-74(81-73)56-27-11-2-12-28-56)65-41-63(42-66(45-65)70-49-75(57-29-13-3-14-30-57)82-76(50-70)58-31-15-4-16-32-58)64-43-67(71-51-77(59-33-17-5-18-34-59)83-78(52-71)60-35-19-6-20-36-60)46-68(44-64)72-53-79(61-37-21-7-22-38-61)84-80(54-72)62-39-23-8-24-40-62/h1-54H. The van der Waals surface area contributed by atoms with Gasteiger partial charge in [-0.3, -0.25) is 0 Å². The van der Waals surface area contributed by atoms with Crippen molar-refractivity contribution in [2.24, 2.45) is 0 Å². The maximum absolute atomic E-state index is 5.34. The van der Waals surface area contributed by atoms with Crippen LogP contribution in [0, 0.1) is 0 Å². The molecule has 0 radical (unpaired) electrons. The van der Waals surface area contributed by atoms with E-state index in [0.717, 1.165) is 146 Å². The predicted molar refractivity (Wildman–Crippen MR) is 348 cm³/mol. The van der Waals surface area contributed by atoms with Crippen LogP contribution in [-0.2, 0) is 0 Å². The summed E-state index contributed by atoms with van der Waals surface area (Å²) in [4.78, 5) is 21.4. The van der Waals surface area contributed by atoms with Gasteiger partial charge in [0.1, 0.15) is 0 Å². The fourth-order valence-electron chi connectivity index (χ4n) is 11.1. The minimum atomic E-state index is 0.895. The predicted octanol–water partition coefficient (Wildman–Crippen LogP) is 20.9. The zero-order valence-electron chi connectivity index (χ0n) is 46.0. The first-order valence-electron chi connectivity index (χ1n) is 28.4. The van der Waals surface area contributed by atoms with Gasteiger partial charge in [-0.15, -0.1) is 0 Å². The second-order valence-electron chi connectivity index (χ2n) is 21.0. The molecule has 14 aromatic rings. The first kappa shape index (κ1) is 51.0. The maximum atomic E-state index is 5.34. The number of hydrogen-bond acceptors (Lipinski definition) is 4. The van der Waals surface area contributed by atoms with E-state index in [0.29, 0.717) is 0 Å². The molecular formula is C80H54N4. The van der Waals surface area contributed by atoms with Crippen molar-refractivity contribution >= 4 is 0 Å². The van der Waals surface area contributed by atoms with Crippen molar-refractivity contribution in [3.63, 3.8) is 0 Å². The Kier molecular flexibility index (Phi) is 14.0. The van der Waals surface area contributed by atoms with E-state index in [1.807, 2.05) is 0 Å². The second-order valence-corrected chi connectivity index (χ2v) is 21.0. The lowest BCUT2D eigenvalue weighted by atomic mass is 9.88. The summed E-state index contributed by atoms with van der Waals surface area (Å²) in [6, 6.07) is 116. The molecule has 10 aromatic carbocycles. The van der Waals surface area contributed by atoms with E-state index < -0.39 is 0 Å². The molecule has 0 fully saturated rings. The van der Waals surface area contributed by atoms with Crippen molar-refractivity contribution < 1.29 is 0 Å². The molecule has 14 rings (SSSR count). The van der Waals surface area contributed by atoms with Gasteiger partial charge in [0.05, 0.1) is 45.6 Å². The Hall–Kier alpha value is -11.2. The third kappa shape index (κ3) is 11.0. The van der Waals surface area contributed by atoms with Gasteiger partial charge in [-0.05, 0) is 141 Å². The van der Waals surface area contributed by atoms with E-state index in [4.69, 9.17) is 19.9 Å².